The second kappa shape index (κ2) is 9.87. The minimum Gasteiger partial charge on any atom is -0.470 e. The Hall–Kier alpha value is -3.73. The van der Waals surface area contributed by atoms with Crippen molar-refractivity contribution in [3.8, 4) is 17.1 Å². The summed E-state index contributed by atoms with van der Waals surface area (Å²) < 4.78 is 59.1. The lowest BCUT2D eigenvalue weighted by molar-refractivity contribution is -0.141. The molecule has 3 aromatic rings. The van der Waals surface area contributed by atoms with Crippen molar-refractivity contribution in [1.29, 1.82) is 0 Å². The molecule has 184 valence electrons. The Morgan fingerprint density at radius 1 is 1.11 bits per heavy atom. The van der Waals surface area contributed by atoms with E-state index in [0.29, 0.717) is 29.9 Å². The fraction of sp³-hybridized carbons (Fsp3) is 0.292. The van der Waals surface area contributed by atoms with E-state index in [1.54, 1.807) is 29.2 Å². The molecule has 7 nitrogen and oxygen atoms in total. The van der Waals surface area contributed by atoms with Crippen molar-refractivity contribution in [3.05, 3.63) is 71.2 Å². The third-order valence-corrected chi connectivity index (χ3v) is 5.71. The van der Waals surface area contributed by atoms with Crippen LogP contribution in [-0.4, -0.2) is 58.9 Å². The number of hydrogen-bond donors (Lipinski definition) is 1. The van der Waals surface area contributed by atoms with Gasteiger partial charge in [-0.2, -0.15) is 13.2 Å². The van der Waals surface area contributed by atoms with Gasteiger partial charge >= 0.3 is 6.18 Å². The number of aromatic nitrogens is 2. The van der Waals surface area contributed by atoms with Crippen LogP contribution in [0, 0.1) is 5.82 Å². The molecule has 1 saturated heterocycles. The predicted octanol–water partition coefficient (Wildman–Crippen LogP) is 3.85. The monoisotopic (exact) mass is 489 g/mol. The summed E-state index contributed by atoms with van der Waals surface area (Å²) in [6.07, 6.45) is -3.51. The molecule has 0 atom stereocenters. The molecule has 0 radical (unpaired) electrons. The summed E-state index contributed by atoms with van der Waals surface area (Å²) in [5.74, 6) is -1.84. The zero-order chi connectivity index (χ0) is 25.2. The number of benzene rings is 2. The van der Waals surface area contributed by atoms with Gasteiger partial charge in [-0.1, -0.05) is 24.3 Å². The number of carbonyl (C=O) groups excluding carboxylic acids is 1. The van der Waals surface area contributed by atoms with Gasteiger partial charge in [0, 0.05) is 42.9 Å². The quantitative estimate of drug-likeness (QED) is 0.548. The molecule has 1 fully saturated rings. The first-order valence-corrected chi connectivity index (χ1v) is 10.8. The number of nitrogens with zero attached hydrogens (tertiary/aromatic N) is 4. The first kappa shape index (κ1) is 24.4. The van der Waals surface area contributed by atoms with Gasteiger partial charge in [-0.3, -0.25) is 4.79 Å². The summed E-state index contributed by atoms with van der Waals surface area (Å²) in [4.78, 5) is 25.1. The van der Waals surface area contributed by atoms with Gasteiger partial charge in [0.25, 0.3) is 11.8 Å². The molecule has 2 N–H and O–H groups in total. The maximum Gasteiger partial charge on any atom is 0.419 e. The van der Waals surface area contributed by atoms with Gasteiger partial charge in [-0.25, -0.2) is 14.4 Å². The molecule has 0 saturated carbocycles. The molecule has 2 heterocycles. The lowest BCUT2D eigenvalue weighted by atomic mass is 10.1. The van der Waals surface area contributed by atoms with E-state index in [0.717, 1.165) is 31.3 Å². The summed E-state index contributed by atoms with van der Waals surface area (Å²) in [6.45, 7) is 2.21. The number of piperazine rings is 1. The first-order valence-electron chi connectivity index (χ1n) is 10.8. The fourth-order valence-electron chi connectivity index (χ4n) is 3.78. The Bertz CT molecular complexity index is 1230. The molecule has 0 aliphatic carbocycles. The Labute approximate surface area is 199 Å². The van der Waals surface area contributed by atoms with Gasteiger partial charge in [0.2, 0.25) is 0 Å². The van der Waals surface area contributed by atoms with Crippen molar-refractivity contribution in [2.24, 2.45) is 0 Å². The van der Waals surface area contributed by atoms with Crippen molar-refractivity contribution >= 4 is 11.7 Å². The van der Waals surface area contributed by atoms with Crippen molar-refractivity contribution in [1.82, 2.24) is 19.8 Å². The van der Waals surface area contributed by atoms with Crippen LogP contribution in [0.4, 0.5) is 23.4 Å². The van der Waals surface area contributed by atoms with E-state index < -0.39 is 29.7 Å². The minimum atomic E-state index is -4.89. The maximum absolute atomic E-state index is 13.8. The van der Waals surface area contributed by atoms with Crippen LogP contribution < -0.4 is 10.5 Å². The van der Waals surface area contributed by atoms with Crippen LogP contribution in [0.5, 0.6) is 5.88 Å². The number of nitrogen functional groups attached to an aromatic ring is 1. The zero-order valence-corrected chi connectivity index (χ0v) is 18.8. The minimum absolute atomic E-state index is 0.106. The van der Waals surface area contributed by atoms with E-state index in [9.17, 15) is 22.4 Å². The predicted molar refractivity (Wildman–Crippen MR) is 121 cm³/mol. The second-order valence-electron chi connectivity index (χ2n) is 8.18. The van der Waals surface area contributed by atoms with Gasteiger partial charge in [-0.15, -0.1) is 0 Å². The normalized spacial score (nSPS) is 14.7. The summed E-state index contributed by atoms with van der Waals surface area (Å²) >= 11 is 0. The molecule has 0 unspecified atom stereocenters. The number of alkyl halides is 3. The largest absolute Gasteiger partial charge is 0.470 e. The van der Waals surface area contributed by atoms with Gasteiger partial charge in [0.05, 0.1) is 17.5 Å². The number of ether oxygens (including phenoxy) is 1. The summed E-state index contributed by atoms with van der Waals surface area (Å²) in [7, 11) is 2.00. The Balaban J connectivity index is 1.55. The molecule has 35 heavy (non-hydrogen) atoms. The standard InChI is InChI=1S/C24H23F4N5O2/c1-32-8-10-33(11-9-32)23(34)16-5-2-4-15(12-16)19-13-30-21(29)22(31-19)35-14-17-6-3-7-18(25)20(17)24(26,27)28/h2-7,12-13H,8-11,14H2,1H3,(H2,29,30). The van der Waals surface area contributed by atoms with Crippen LogP contribution in [0.3, 0.4) is 0 Å². The lowest BCUT2D eigenvalue weighted by Crippen LogP contribution is -2.47. The number of likely N-dealkylation sites (N-methyl/N-ethyl adjacent to an activating group) is 1. The summed E-state index contributed by atoms with van der Waals surface area (Å²) in [5.41, 5.74) is 5.36. The molecule has 0 spiro atoms. The van der Waals surface area contributed by atoms with Crippen molar-refractivity contribution < 1.29 is 27.1 Å². The number of hydrogen-bond acceptors (Lipinski definition) is 6. The van der Waals surface area contributed by atoms with E-state index in [4.69, 9.17) is 10.5 Å². The molecule has 1 aliphatic heterocycles. The molecular formula is C24H23F4N5O2. The van der Waals surface area contributed by atoms with E-state index in [1.165, 1.54) is 6.20 Å². The van der Waals surface area contributed by atoms with Crippen molar-refractivity contribution in [2.45, 2.75) is 12.8 Å². The maximum atomic E-state index is 13.8. The van der Waals surface area contributed by atoms with Crippen LogP contribution in [0.1, 0.15) is 21.5 Å². The average molecular weight is 489 g/mol. The number of nitrogens with two attached hydrogens (primary N) is 1. The molecular weight excluding hydrogens is 466 g/mol. The Kier molecular flexibility index (Phi) is 6.88. The van der Waals surface area contributed by atoms with Crippen LogP contribution in [-0.2, 0) is 12.8 Å². The third-order valence-electron chi connectivity index (χ3n) is 5.71. The average Bonchev–Trinajstić information content (AvgIpc) is 2.83. The number of rotatable bonds is 5. The molecule has 2 aromatic carbocycles. The number of amides is 1. The highest BCUT2D eigenvalue weighted by Gasteiger charge is 2.36. The Morgan fingerprint density at radius 3 is 2.54 bits per heavy atom. The number of carbonyl (C=O) groups is 1. The zero-order valence-electron chi connectivity index (χ0n) is 18.8. The molecule has 0 bridgehead atoms. The van der Waals surface area contributed by atoms with Gasteiger partial charge in [0.15, 0.2) is 5.82 Å². The molecule has 11 heteroatoms. The molecule has 1 amide bonds. The Morgan fingerprint density at radius 2 is 1.83 bits per heavy atom. The lowest BCUT2D eigenvalue weighted by Gasteiger charge is -2.32. The molecule has 4 rings (SSSR count). The number of anilines is 1. The highest BCUT2D eigenvalue weighted by molar-refractivity contribution is 5.95. The topological polar surface area (TPSA) is 84.6 Å². The molecule has 1 aliphatic rings. The van der Waals surface area contributed by atoms with E-state index in [-0.39, 0.29) is 17.6 Å². The third kappa shape index (κ3) is 5.51. The van der Waals surface area contributed by atoms with Gasteiger partial charge < -0.3 is 20.3 Å². The first-order chi connectivity index (χ1) is 16.6. The van der Waals surface area contributed by atoms with Crippen LogP contribution in [0.25, 0.3) is 11.3 Å². The SMILES string of the molecule is CN1CCN(C(=O)c2cccc(-c3cnc(N)c(OCc4cccc(F)c4C(F)(F)F)n3)c2)CC1. The number of halogens is 4. The van der Waals surface area contributed by atoms with E-state index in [2.05, 4.69) is 14.9 Å². The molecule has 1 aromatic heterocycles. The fourth-order valence-corrected chi connectivity index (χ4v) is 3.78. The van der Waals surface area contributed by atoms with Crippen LogP contribution >= 0.6 is 0 Å². The van der Waals surface area contributed by atoms with Gasteiger partial charge in [-0.05, 0) is 25.2 Å². The van der Waals surface area contributed by atoms with Crippen LogP contribution in [0.2, 0.25) is 0 Å². The van der Waals surface area contributed by atoms with Crippen molar-refractivity contribution in [3.63, 3.8) is 0 Å². The summed E-state index contributed by atoms with van der Waals surface area (Å²) in [6, 6.07) is 9.81. The van der Waals surface area contributed by atoms with Gasteiger partial charge in [0.1, 0.15) is 12.4 Å². The second-order valence-corrected chi connectivity index (χ2v) is 8.18. The summed E-state index contributed by atoms with van der Waals surface area (Å²) in [5, 5.41) is 0. The van der Waals surface area contributed by atoms with Crippen molar-refractivity contribution in [2.75, 3.05) is 39.0 Å². The highest BCUT2D eigenvalue weighted by Crippen LogP contribution is 2.35. The highest BCUT2D eigenvalue weighted by atomic mass is 19.4. The van der Waals surface area contributed by atoms with E-state index in [1.807, 2.05) is 7.05 Å². The smallest absolute Gasteiger partial charge is 0.419 e. The van der Waals surface area contributed by atoms with Crippen LogP contribution in [0.15, 0.2) is 48.7 Å². The van der Waals surface area contributed by atoms with E-state index >= 15 is 0 Å².